The number of halogens is 2. The van der Waals surface area contributed by atoms with Crippen LogP contribution in [0.1, 0.15) is 19.3 Å². The third kappa shape index (κ3) is 3.28. The minimum absolute atomic E-state index is 0.135. The van der Waals surface area contributed by atoms with Crippen molar-refractivity contribution in [1.82, 2.24) is 0 Å². The number of alkyl halides is 2. The molecule has 1 aromatic rings. The third-order valence-corrected chi connectivity index (χ3v) is 4.94. The molecule has 0 bridgehead atoms. The first-order valence-corrected chi connectivity index (χ1v) is 7.94. The van der Waals surface area contributed by atoms with Crippen LogP contribution in [0.2, 0.25) is 0 Å². The zero-order valence-corrected chi connectivity index (χ0v) is 13.1. The maximum Gasteiger partial charge on any atom is 0.230 e. The first-order chi connectivity index (χ1) is 9.97. The average molecular weight is 329 g/mol. The van der Waals surface area contributed by atoms with Crippen molar-refractivity contribution in [2.45, 2.75) is 29.7 Å². The number of aliphatic hydroxyl groups excluding tert-OH is 1. The topological polar surface area (TPSA) is 52.6 Å². The molecule has 1 saturated carbocycles. The fraction of sp³-hybridized carbons (Fsp3) is 0.533. The number of hydrogen-bond acceptors (Lipinski definition) is 3. The van der Waals surface area contributed by atoms with Gasteiger partial charge in [-0.15, -0.1) is 23.2 Å². The molecule has 114 valence electrons. The van der Waals surface area contributed by atoms with Crippen molar-refractivity contribution in [1.29, 1.82) is 0 Å². The summed E-state index contributed by atoms with van der Waals surface area (Å²) in [4.78, 5) is 14.3. The molecule has 4 nitrogen and oxygen atoms in total. The molecule has 0 spiro atoms. The van der Waals surface area contributed by atoms with Gasteiger partial charge in [0.05, 0.1) is 23.4 Å². The zero-order chi connectivity index (χ0) is 15.0. The lowest BCUT2D eigenvalue weighted by Crippen LogP contribution is -2.36. The summed E-state index contributed by atoms with van der Waals surface area (Å²) in [6, 6.07) is 7.69. The van der Waals surface area contributed by atoms with Crippen LogP contribution in [0.15, 0.2) is 24.3 Å². The lowest BCUT2D eigenvalue weighted by Gasteiger charge is -2.32. The normalized spacial score (nSPS) is 24.7. The van der Waals surface area contributed by atoms with Gasteiger partial charge in [0, 0.05) is 13.1 Å². The molecule has 21 heavy (non-hydrogen) atoms. The van der Waals surface area contributed by atoms with Crippen molar-refractivity contribution in [3.05, 3.63) is 24.3 Å². The SMILES string of the molecule is O=C(Nc1ccccc1N1CCC(O)CC1)C1CC1(Cl)Cl. The van der Waals surface area contributed by atoms with Gasteiger partial charge < -0.3 is 15.3 Å². The molecule has 2 fully saturated rings. The standard InChI is InChI=1S/C15H18Cl2N2O2/c16-15(17)9-11(15)14(21)18-12-3-1-2-4-13(12)19-7-5-10(20)6-8-19/h1-4,10-11,20H,5-9H2,(H,18,21). The number of nitrogens with zero attached hydrogens (tertiary/aromatic N) is 1. The van der Waals surface area contributed by atoms with Gasteiger partial charge in [0.2, 0.25) is 5.91 Å². The molecule has 0 radical (unpaired) electrons. The Kier molecular flexibility index (Phi) is 4.04. The molecule has 2 N–H and O–H groups in total. The van der Waals surface area contributed by atoms with Crippen molar-refractivity contribution in [3.8, 4) is 0 Å². The number of carbonyl (C=O) groups is 1. The Hall–Kier alpha value is -0.970. The van der Waals surface area contributed by atoms with Gasteiger partial charge in [0.1, 0.15) is 4.33 Å². The molecule has 1 heterocycles. The molecule has 1 unspecified atom stereocenters. The summed E-state index contributed by atoms with van der Waals surface area (Å²) < 4.78 is -0.908. The van der Waals surface area contributed by atoms with E-state index in [1.54, 1.807) is 0 Å². The number of anilines is 2. The highest BCUT2D eigenvalue weighted by Gasteiger charge is 2.56. The van der Waals surface area contributed by atoms with E-state index in [2.05, 4.69) is 10.2 Å². The van der Waals surface area contributed by atoms with Crippen molar-refractivity contribution < 1.29 is 9.90 Å². The largest absolute Gasteiger partial charge is 0.393 e. The Morgan fingerprint density at radius 2 is 1.90 bits per heavy atom. The molecular weight excluding hydrogens is 311 g/mol. The summed E-state index contributed by atoms with van der Waals surface area (Å²) in [5, 5.41) is 12.5. The molecule has 2 aliphatic rings. The maximum absolute atomic E-state index is 12.1. The van der Waals surface area contributed by atoms with Crippen LogP contribution in [0, 0.1) is 5.92 Å². The second-order valence-corrected chi connectivity index (χ2v) is 7.28. The van der Waals surface area contributed by atoms with Crippen LogP contribution in [-0.2, 0) is 4.79 Å². The highest BCUT2D eigenvalue weighted by atomic mass is 35.5. The number of aliphatic hydroxyl groups is 1. The van der Waals surface area contributed by atoms with Crippen LogP contribution in [0.4, 0.5) is 11.4 Å². The van der Waals surface area contributed by atoms with Gasteiger partial charge in [-0.2, -0.15) is 0 Å². The van der Waals surface area contributed by atoms with Gasteiger partial charge in [-0.1, -0.05) is 12.1 Å². The smallest absolute Gasteiger partial charge is 0.230 e. The summed E-state index contributed by atoms with van der Waals surface area (Å²) >= 11 is 11.9. The second-order valence-electron chi connectivity index (χ2n) is 5.74. The van der Waals surface area contributed by atoms with Crippen LogP contribution in [0.3, 0.4) is 0 Å². The number of carbonyl (C=O) groups excluding carboxylic acids is 1. The van der Waals surface area contributed by atoms with E-state index in [1.165, 1.54) is 0 Å². The number of amides is 1. The van der Waals surface area contributed by atoms with Crippen molar-refractivity contribution in [2.24, 2.45) is 5.92 Å². The van der Waals surface area contributed by atoms with E-state index in [0.29, 0.717) is 6.42 Å². The number of hydrogen-bond donors (Lipinski definition) is 2. The van der Waals surface area contributed by atoms with Gasteiger partial charge in [-0.3, -0.25) is 4.79 Å². The van der Waals surface area contributed by atoms with Crippen LogP contribution >= 0.6 is 23.2 Å². The van der Waals surface area contributed by atoms with E-state index >= 15 is 0 Å². The number of benzene rings is 1. The first kappa shape index (κ1) is 14.9. The minimum Gasteiger partial charge on any atom is -0.393 e. The molecule has 6 heteroatoms. The monoisotopic (exact) mass is 328 g/mol. The van der Waals surface area contributed by atoms with Gasteiger partial charge >= 0.3 is 0 Å². The Morgan fingerprint density at radius 3 is 2.52 bits per heavy atom. The number of para-hydroxylation sites is 2. The van der Waals surface area contributed by atoms with E-state index in [1.807, 2.05) is 24.3 Å². The summed E-state index contributed by atoms with van der Waals surface area (Å²) in [5.41, 5.74) is 1.75. The third-order valence-electron chi connectivity index (χ3n) is 4.11. The summed E-state index contributed by atoms with van der Waals surface area (Å²) in [5.74, 6) is -0.471. The van der Waals surface area contributed by atoms with E-state index in [9.17, 15) is 9.90 Å². The van der Waals surface area contributed by atoms with E-state index < -0.39 is 4.33 Å². The molecule has 1 aliphatic heterocycles. The predicted molar refractivity (Wildman–Crippen MR) is 85.1 cm³/mol. The van der Waals surface area contributed by atoms with Gasteiger partial charge in [-0.05, 0) is 31.4 Å². The lowest BCUT2D eigenvalue weighted by atomic mass is 10.1. The molecule has 0 aromatic heterocycles. The van der Waals surface area contributed by atoms with Gasteiger partial charge in [0.25, 0.3) is 0 Å². The number of rotatable bonds is 3. The van der Waals surface area contributed by atoms with E-state index in [4.69, 9.17) is 23.2 Å². The van der Waals surface area contributed by atoms with Crippen LogP contribution in [0.25, 0.3) is 0 Å². The second kappa shape index (κ2) is 5.67. The van der Waals surface area contributed by atoms with Crippen LogP contribution in [0.5, 0.6) is 0 Å². The lowest BCUT2D eigenvalue weighted by molar-refractivity contribution is -0.117. The van der Waals surface area contributed by atoms with Gasteiger partial charge in [-0.25, -0.2) is 0 Å². The molecule has 1 saturated heterocycles. The summed E-state index contributed by atoms with van der Waals surface area (Å²) in [7, 11) is 0. The van der Waals surface area contributed by atoms with Crippen molar-refractivity contribution >= 4 is 40.5 Å². The number of nitrogens with one attached hydrogen (secondary N) is 1. The van der Waals surface area contributed by atoms with Crippen molar-refractivity contribution in [3.63, 3.8) is 0 Å². The molecule has 1 amide bonds. The van der Waals surface area contributed by atoms with Gasteiger partial charge in [0.15, 0.2) is 0 Å². The predicted octanol–water partition coefficient (Wildman–Crippen LogP) is 2.78. The fourth-order valence-corrected chi connectivity index (χ4v) is 3.19. The zero-order valence-electron chi connectivity index (χ0n) is 11.6. The molecule has 1 aromatic carbocycles. The summed E-state index contributed by atoms with van der Waals surface area (Å²) in [6.45, 7) is 1.57. The average Bonchev–Trinajstić information content (AvgIpc) is 3.10. The Balaban J connectivity index is 1.72. The molecule has 1 atom stereocenters. The van der Waals surface area contributed by atoms with E-state index in [-0.39, 0.29) is 17.9 Å². The quantitative estimate of drug-likeness (QED) is 0.839. The Labute approximate surface area is 134 Å². The number of piperidine rings is 1. The Bertz CT molecular complexity index is 542. The van der Waals surface area contributed by atoms with Crippen molar-refractivity contribution in [2.75, 3.05) is 23.3 Å². The minimum atomic E-state index is -0.908. The van der Waals surface area contributed by atoms with Crippen LogP contribution < -0.4 is 10.2 Å². The van der Waals surface area contributed by atoms with E-state index in [0.717, 1.165) is 37.3 Å². The Morgan fingerprint density at radius 1 is 1.29 bits per heavy atom. The molecular formula is C15H18Cl2N2O2. The van der Waals surface area contributed by atoms with Crippen LogP contribution in [-0.4, -0.2) is 34.5 Å². The highest BCUT2D eigenvalue weighted by Crippen LogP contribution is 2.53. The summed E-state index contributed by atoms with van der Waals surface area (Å²) in [6.07, 6.45) is 1.77. The maximum atomic E-state index is 12.1. The highest BCUT2D eigenvalue weighted by molar-refractivity contribution is 6.52. The molecule has 1 aliphatic carbocycles. The molecule has 3 rings (SSSR count). The first-order valence-electron chi connectivity index (χ1n) is 7.18. The fourth-order valence-electron chi connectivity index (χ4n) is 2.68.